The van der Waals surface area contributed by atoms with Gasteiger partial charge in [-0.2, -0.15) is 0 Å². The van der Waals surface area contributed by atoms with Gasteiger partial charge in [0.25, 0.3) is 5.91 Å². The fourth-order valence-electron chi connectivity index (χ4n) is 4.26. The Morgan fingerprint density at radius 1 is 1.13 bits per heavy atom. The highest BCUT2D eigenvalue weighted by Gasteiger charge is 2.26. The zero-order valence-electron chi connectivity index (χ0n) is 19.3. The molecule has 2 N–H and O–H groups in total. The molecular formula is C25H38N4O2. The van der Waals surface area contributed by atoms with E-state index in [9.17, 15) is 4.79 Å². The summed E-state index contributed by atoms with van der Waals surface area (Å²) >= 11 is 0. The molecule has 0 spiro atoms. The molecule has 0 radical (unpaired) electrons. The summed E-state index contributed by atoms with van der Waals surface area (Å²) in [4.78, 5) is 19.4. The second-order valence-corrected chi connectivity index (χ2v) is 8.64. The lowest BCUT2D eigenvalue weighted by atomic mass is 9.97. The SMILES string of the molecule is CCNC(=NCc1ccc(C(=O)N2CC(C)OC(C)C2)cc1)NCCC1=CCCCC1. The monoisotopic (exact) mass is 426 g/mol. The first-order valence-corrected chi connectivity index (χ1v) is 11.8. The molecular weight excluding hydrogens is 388 g/mol. The van der Waals surface area contributed by atoms with Gasteiger partial charge in [0.15, 0.2) is 5.96 Å². The number of carbonyl (C=O) groups excluding carboxylic acids is 1. The van der Waals surface area contributed by atoms with Crippen molar-refractivity contribution >= 4 is 11.9 Å². The fraction of sp³-hybridized carbons (Fsp3) is 0.600. The lowest BCUT2D eigenvalue weighted by Gasteiger charge is -2.35. The molecule has 1 aliphatic heterocycles. The molecule has 6 nitrogen and oxygen atoms in total. The summed E-state index contributed by atoms with van der Waals surface area (Å²) in [5, 5.41) is 6.76. The van der Waals surface area contributed by atoms with E-state index < -0.39 is 0 Å². The van der Waals surface area contributed by atoms with Gasteiger partial charge in [-0.15, -0.1) is 0 Å². The number of ether oxygens (including phenoxy) is 1. The van der Waals surface area contributed by atoms with Gasteiger partial charge in [-0.3, -0.25) is 4.79 Å². The van der Waals surface area contributed by atoms with Gasteiger partial charge in [-0.05, 0) is 70.6 Å². The number of allylic oxidation sites excluding steroid dienone is 1. The van der Waals surface area contributed by atoms with Gasteiger partial charge in [0.2, 0.25) is 0 Å². The van der Waals surface area contributed by atoms with Crippen LogP contribution in [0.25, 0.3) is 0 Å². The summed E-state index contributed by atoms with van der Waals surface area (Å²) in [6.07, 6.45) is 8.75. The van der Waals surface area contributed by atoms with Crippen molar-refractivity contribution in [3.8, 4) is 0 Å². The zero-order valence-corrected chi connectivity index (χ0v) is 19.3. The molecule has 0 saturated carbocycles. The Morgan fingerprint density at radius 3 is 2.52 bits per heavy atom. The number of nitrogens with one attached hydrogen (secondary N) is 2. The lowest BCUT2D eigenvalue weighted by Crippen LogP contribution is -2.48. The summed E-state index contributed by atoms with van der Waals surface area (Å²) < 4.78 is 5.73. The van der Waals surface area contributed by atoms with Gasteiger partial charge in [0.1, 0.15) is 0 Å². The number of hydrogen-bond donors (Lipinski definition) is 2. The summed E-state index contributed by atoms with van der Waals surface area (Å²) in [6, 6.07) is 7.82. The average Bonchev–Trinajstić information content (AvgIpc) is 2.77. The first-order chi connectivity index (χ1) is 15.0. The van der Waals surface area contributed by atoms with Gasteiger partial charge in [-0.1, -0.05) is 23.8 Å². The molecule has 1 amide bonds. The Hall–Kier alpha value is -2.34. The van der Waals surface area contributed by atoms with Crippen molar-refractivity contribution in [3.63, 3.8) is 0 Å². The van der Waals surface area contributed by atoms with E-state index in [-0.39, 0.29) is 18.1 Å². The van der Waals surface area contributed by atoms with E-state index in [4.69, 9.17) is 9.73 Å². The third kappa shape index (κ3) is 7.39. The Labute approximate surface area is 187 Å². The van der Waals surface area contributed by atoms with Crippen molar-refractivity contribution in [2.24, 2.45) is 4.99 Å². The Kier molecular flexibility index (Phi) is 8.95. The fourth-order valence-corrected chi connectivity index (χ4v) is 4.26. The molecule has 1 heterocycles. The number of guanidine groups is 1. The molecule has 1 saturated heterocycles. The molecule has 1 aromatic carbocycles. The predicted molar refractivity (Wildman–Crippen MR) is 126 cm³/mol. The largest absolute Gasteiger partial charge is 0.372 e. The number of aliphatic imine (C=N–C) groups is 1. The van der Waals surface area contributed by atoms with Gasteiger partial charge in [-0.25, -0.2) is 4.99 Å². The van der Waals surface area contributed by atoms with Crippen molar-refractivity contribution in [2.45, 2.75) is 71.6 Å². The molecule has 1 aliphatic carbocycles. The van der Waals surface area contributed by atoms with Gasteiger partial charge in [0.05, 0.1) is 18.8 Å². The second-order valence-electron chi connectivity index (χ2n) is 8.64. The first kappa shape index (κ1) is 23.3. The number of nitrogens with zero attached hydrogens (tertiary/aromatic N) is 2. The van der Waals surface area contributed by atoms with Crippen LogP contribution in [-0.4, -0.2) is 55.2 Å². The molecule has 3 rings (SSSR count). The molecule has 31 heavy (non-hydrogen) atoms. The van der Waals surface area contributed by atoms with E-state index in [1.54, 1.807) is 5.57 Å². The third-order valence-corrected chi connectivity index (χ3v) is 5.80. The smallest absolute Gasteiger partial charge is 0.254 e. The maximum Gasteiger partial charge on any atom is 0.254 e. The van der Waals surface area contributed by atoms with Crippen LogP contribution in [0.1, 0.15) is 68.8 Å². The van der Waals surface area contributed by atoms with Crippen LogP contribution in [0.5, 0.6) is 0 Å². The molecule has 170 valence electrons. The predicted octanol–water partition coefficient (Wildman–Crippen LogP) is 3.88. The minimum Gasteiger partial charge on any atom is -0.372 e. The molecule has 1 aromatic rings. The minimum absolute atomic E-state index is 0.0732. The number of hydrogen-bond acceptors (Lipinski definition) is 3. The van der Waals surface area contributed by atoms with Crippen LogP contribution in [0, 0.1) is 0 Å². The summed E-state index contributed by atoms with van der Waals surface area (Å²) in [7, 11) is 0. The van der Waals surface area contributed by atoms with Crippen molar-refractivity contribution in [2.75, 3.05) is 26.2 Å². The highest BCUT2D eigenvalue weighted by Crippen LogP contribution is 2.19. The van der Waals surface area contributed by atoms with Crippen LogP contribution < -0.4 is 10.6 Å². The van der Waals surface area contributed by atoms with Gasteiger partial charge < -0.3 is 20.3 Å². The van der Waals surface area contributed by atoms with Crippen molar-refractivity contribution in [1.29, 1.82) is 0 Å². The van der Waals surface area contributed by atoms with Crippen molar-refractivity contribution < 1.29 is 9.53 Å². The number of benzene rings is 1. The topological polar surface area (TPSA) is 66.0 Å². The Bertz CT molecular complexity index is 762. The van der Waals surface area contributed by atoms with E-state index in [2.05, 4.69) is 23.6 Å². The molecule has 0 aromatic heterocycles. The number of amides is 1. The van der Waals surface area contributed by atoms with Gasteiger partial charge >= 0.3 is 0 Å². The molecule has 2 unspecified atom stereocenters. The molecule has 1 fully saturated rings. The Balaban J connectivity index is 1.52. The van der Waals surface area contributed by atoms with E-state index >= 15 is 0 Å². The van der Waals surface area contributed by atoms with Crippen molar-refractivity contribution in [3.05, 3.63) is 47.0 Å². The molecule has 2 atom stereocenters. The number of carbonyl (C=O) groups is 1. The first-order valence-electron chi connectivity index (χ1n) is 11.8. The van der Waals surface area contributed by atoms with Crippen LogP contribution in [0.4, 0.5) is 0 Å². The van der Waals surface area contributed by atoms with E-state index in [1.165, 1.54) is 25.7 Å². The molecule has 2 aliphatic rings. The number of rotatable bonds is 7. The van der Waals surface area contributed by atoms with Gasteiger partial charge in [0, 0.05) is 31.7 Å². The van der Waals surface area contributed by atoms with E-state index in [0.29, 0.717) is 19.6 Å². The average molecular weight is 427 g/mol. The Morgan fingerprint density at radius 2 is 1.87 bits per heavy atom. The van der Waals surface area contributed by atoms with Crippen LogP contribution in [0.15, 0.2) is 40.9 Å². The third-order valence-electron chi connectivity index (χ3n) is 5.80. The van der Waals surface area contributed by atoms with E-state index in [1.807, 2.05) is 43.0 Å². The zero-order chi connectivity index (χ0) is 22.1. The van der Waals surface area contributed by atoms with Crippen LogP contribution in [-0.2, 0) is 11.3 Å². The molecule has 0 bridgehead atoms. The highest BCUT2D eigenvalue weighted by molar-refractivity contribution is 5.94. The second kappa shape index (κ2) is 11.9. The maximum absolute atomic E-state index is 12.8. The highest BCUT2D eigenvalue weighted by atomic mass is 16.5. The van der Waals surface area contributed by atoms with Crippen LogP contribution in [0.3, 0.4) is 0 Å². The van der Waals surface area contributed by atoms with Crippen LogP contribution >= 0.6 is 0 Å². The maximum atomic E-state index is 12.8. The summed E-state index contributed by atoms with van der Waals surface area (Å²) in [6.45, 7) is 9.71. The quantitative estimate of drug-likeness (QED) is 0.394. The van der Waals surface area contributed by atoms with E-state index in [0.717, 1.165) is 36.6 Å². The lowest BCUT2D eigenvalue weighted by molar-refractivity contribution is -0.0586. The van der Waals surface area contributed by atoms with Crippen molar-refractivity contribution in [1.82, 2.24) is 15.5 Å². The minimum atomic E-state index is 0.0732. The number of morpholine rings is 1. The van der Waals surface area contributed by atoms with Crippen LogP contribution in [0.2, 0.25) is 0 Å². The molecule has 6 heteroatoms. The summed E-state index contributed by atoms with van der Waals surface area (Å²) in [5.74, 6) is 0.916. The summed E-state index contributed by atoms with van der Waals surface area (Å²) in [5.41, 5.74) is 3.38. The normalized spacial score (nSPS) is 22.1. The standard InChI is InChI=1S/C25H38N4O2/c1-4-26-25(27-15-14-21-8-6-5-7-9-21)28-16-22-10-12-23(13-11-22)24(30)29-17-19(2)31-20(3)18-29/h8,10-13,19-20H,4-7,9,14-18H2,1-3H3,(H2,26,27,28).